The molecule has 3 atom stereocenters. The minimum Gasteiger partial charge on any atom is -0.466 e. The molecule has 0 radical (unpaired) electrons. The first kappa shape index (κ1) is 12.4. The van der Waals surface area contributed by atoms with Crippen molar-refractivity contribution in [3.05, 3.63) is 0 Å². The summed E-state index contributed by atoms with van der Waals surface area (Å²) in [5.41, 5.74) is -0.286. The molecule has 1 unspecified atom stereocenters. The van der Waals surface area contributed by atoms with Crippen LogP contribution in [0, 0.1) is 17.3 Å². The van der Waals surface area contributed by atoms with Crippen molar-refractivity contribution < 1.29 is 19.0 Å². The molecule has 3 rings (SSSR count). The van der Waals surface area contributed by atoms with Gasteiger partial charge < -0.3 is 14.2 Å². The molecule has 3 aliphatic rings. The fraction of sp³-hybridized carbons (Fsp3) is 0.929. The summed E-state index contributed by atoms with van der Waals surface area (Å²) < 4.78 is 16.8. The van der Waals surface area contributed by atoms with E-state index in [-0.39, 0.29) is 17.2 Å². The van der Waals surface area contributed by atoms with Crippen LogP contribution in [0.2, 0.25) is 0 Å². The Morgan fingerprint density at radius 2 is 1.72 bits per heavy atom. The van der Waals surface area contributed by atoms with Gasteiger partial charge in [0.15, 0.2) is 5.79 Å². The zero-order valence-electron chi connectivity index (χ0n) is 11.2. The summed E-state index contributed by atoms with van der Waals surface area (Å²) in [7, 11) is 0. The van der Waals surface area contributed by atoms with E-state index in [1.54, 1.807) is 0 Å². The van der Waals surface area contributed by atoms with E-state index in [1.807, 2.05) is 13.8 Å². The van der Waals surface area contributed by atoms with Gasteiger partial charge in [0.25, 0.3) is 0 Å². The van der Waals surface area contributed by atoms with Gasteiger partial charge in [-0.25, -0.2) is 0 Å². The molecule has 4 heteroatoms. The van der Waals surface area contributed by atoms with Crippen molar-refractivity contribution in [2.75, 3.05) is 19.8 Å². The van der Waals surface area contributed by atoms with Crippen molar-refractivity contribution in [1.82, 2.24) is 0 Å². The molecule has 3 fully saturated rings. The maximum Gasteiger partial charge on any atom is 0.311 e. The topological polar surface area (TPSA) is 44.8 Å². The first-order chi connectivity index (χ1) is 8.57. The fourth-order valence-corrected chi connectivity index (χ4v) is 4.14. The van der Waals surface area contributed by atoms with Gasteiger partial charge in [-0.15, -0.1) is 0 Å². The van der Waals surface area contributed by atoms with Crippen LogP contribution in [-0.4, -0.2) is 31.6 Å². The highest BCUT2D eigenvalue weighted by Gasteiger charge is 2.57. The first-order valence-corrected chi connectivity index (χ1v) is 7.02. The summed E-state index contributed by atoms with van der Waals surface area (Å²) in [4.78, 5) is 12.0. The summed E-state index contributed by atoms with van der Waals surface area (Å²) in [5, 5.41) is 0. The van der Waals surface area contributed by atoms with Crippen LogP contribution in [0.3, 0.4) is 0 Å². The Kier molecular flexibility index (Phi) is 2.90. The number of hydrogen-bond donors (Lipinski definition) is 0. The van der Waals surface area contributed by atoms with Gasteiger partial charge >= 0.3 is 5.97 Å². The van der Waals surface area contributed by atoms with E-state index in [9.17, 15) is 4.79 Å². The lowest BCUT2D eigenvalue weighted by Gasteiger charge is -2.27. The molecule has 18 heavy (non-hydrogen) atoms. The minimum atomic E-state index is -0.314. The molecule has 2 aliphatic carbocycles. The maximum atomic E-state index is 12.0. The number of carbonyl (C=O) groups excluding carboxylic acids is 1. The molecular weight excluding hydrogens is 232 g/mol. The van der Waals surface area contributed by atoms with Crippen LogP contribution in [0.25, 0.3) is 0 Å². The van der Waals surface area contributed by atoms with Gasteiger partial charge in [-0.3, -0.25) is 4.79 Å². The van der Waals surface area contributed by atoms with E-state index in [0.717, 1.165) is 25.7 Å². The normalized spacial score (nSPS) is 41.2. The molecule has 0 aromatic rings. The van der Waals surface area contributed by atoms with E-state index in [0.29, 0.717) is 31.7 Å². The fourth-order valence-electron chi connectivity index (χ4n) is 4.14. The van der Waals surface area contributed by atoms with Crippen LogP contribution < -0.4 is 0 Å². The van der Waals surface area contributed by atoms with Crippen molar-refractivity contribution in [3.8, 4) is 0 Å². The maximum absolute atomic E-state index is 12.0. The second kappa shape index (κ2) is 4.20. The molecule has 1 heterocycles. The summed E-state index contributed by atoms with van der Waals surface area (Å²) >= 11 is 0. The summed E-state index contributed by atoms with van der Waals surface area (Å²) in [6, 6.07) is 0. The summed E-state index contributed by atoms with van der Waals surface area (Å²) in [5.74, 6) is 0.766. The Bertz CT molecular complexity index is 330. The average Bonchev–Trinajstić information content (AvgIpc) is 2.95. The molecule has 0 bridgehead atoms. The van der Waals surface area contributed by atoms with Gasteiger partial charge in [-0.1, -0.05) is 0 Å². The quantitative estimate of drug-likeness (QED) is 0.708. The lowest BCUT2D eigenvalue weighted by Crippen LogP contribution is -2.31. The van der Waals surface area contributed by atoms with Gasteiger partial charge in [-0.05, 0) is 38.5 Å². The Hall–Kier alpha value is -0.610. The smallest absolute Gasteiger partial charge is 0.311 e. The third-order valence-electron chi connectivity index (χ3n) is 4.82. The minimum absolute atomic E-state index is 0.0262. The Morgan fingerprint density at radius 1 is 1.17 bits per heavy atom. The Labute approximate surface area is 108 Å². The number of rotatable bonds is 2. The molecule has 2 saturated carbocycles. The van der Waals surface area contributed by atoms with Gasteiger partial charge in [0.1, 0.15) is 0 Å². The molecule has 0 aromatic heterocycles. The van der Waals surface area contributed by atoms with Gasteiger partial charge in [0.2, 0.25) is 0 Å². The van der Waals surface area contributed by atoms with Gasteiger partial charge in [-0.2, -0.15) is 0 Å². The van der Waals surface area contributed by atoms with E-state index < -0.39 is 0 Å². The summed E-state index contributed by atoms with van der Waals surface area (Å²) in [6.45, 7) is 5.82. The van der Waals surface area contributed by atoms with Crippen LogP contribution in [0.15, 0.2) is 0 Å². The van der Waals surface area contributed by atoms with Crippen LogP contribution in [0.1, 0.15) is 39.5 Å². The zero-order chi connectivity index (χ0) is 12.8. The third-order valence-corrected chi connectivity index (χ3v) is 4.82. The number of hydrogen-bond acceptors (Lipinski definition) is 4. The largest absolute Gasteiger partial charge is 0.466 e. The predicted octanol–water partition coefficient (Wildman–Crippen LogP) is 2.12. The third kappa shape index (κ3) is 1.86. The van der Waals surface area contributed by atoms with Crippen LogP contribution in [0.4, 0.5) is 0 Å². The molecule has 1 saturated heterocycles. The number of fused-ring (bicyclic) bond motifs is 1. The standard InChI is InChI=1S/C14H22O4/c1-3-16-12(15)13(2)6-10-8-14(9-11(10)7-13)17-4-5-18-14/h10-11H,3-9H2,1-2H3/t10-,11+,13?. The van der Waals surface area contributed by atoms with E-state index in [1.165, 1.54) is 0 Å². The first-order valence-electron chi connectivity index (χ1n) is 7.02. The van der Waals surface area contributed by atoms with Crippen molar-refractivity contribution in [1.29, 1.82) is 0 Å². The monoisotopic (exact) mass is 254 g/mol. The van der Waals surface area contributed by atoms with Crippen LogP contribution in [0.5, 0.6) is 0 Å². The predicted molar refractivity (Wildman–Crippen MR) is 64.8 cm³/mol. The molecule has 0 aromatic carbocycles. The van der Waals surface area contributed by atoms with E-state index in [4.69, 9.17) is 14.2 Å². The molecule has 4 nitrogen and oxygen atoms in total. The van der Waals surface area contributed by atoms with Crippen LogP contribution >= 0.6 is 0 Å². The number of ether oxygens (including phenoxy) is 3. The molecule has 102 valence electrons. The highest BCUT2D eigenvalue weighted by atomic mass is 16.7. The van der Waals surface area contributed by atoms with Gasteiger partial charge in [0, 0.05) is 12.8 Å². The average molecular weight is 254 g/mol. The van der Waals surface area contributed by atoms with Gasteiger partial charge in [0.05, 0.1) is 25.2 Å². The molecule has 0 amide bonds. The van der Waals surface area contributed by atoms with E-state index >= 15 is 0 Å². The SMILES string of the molecule is CCOC(=O)C1(C)C[C@H]2CC3(C[C@H]2C1)OCCO3. The second-order valence-corrected chi connectivity index (χ2v) is 6.23. The van der Waals surface area contributed by atoms with Crippen molar-refractivity contribution in [2.24, 2.45) is 17.3 Å². The lowest BCUT2D eigenvalue weighted by atomic mass is 9.85. The summed E-state index contributed by atoms with van der Waals surface area (Å²) in [6.07, 6.45) is 3.75. The molecule has 0 N–H and O–H groups in total. The second-order valence-electron chi connectivity index (χ2n) is 6.23. The van der Waals surface area contributed by atoms with Crippen molar-refractivity contribution in [3.63, 3.8) is 0 Å². The lowest BCUT2D eigenvalue weighted by molar-refractivity contribution is -0.163. The number of carbonyl (C=O) groups is 1. The molecule has 1 aliphatic heterocycles. The number of esters is 1. The Balaban J connectivity index is 1.67. The highest BCUT2D eigenvalue weighted by Crippen LogP contribution is 2.57. The highest BCUT2D eigenvalue weighted by molar-refractivity contribution is 5.76. The Morgan fingerprint density at radius 3 is 2.22 bits per heavy atom. The molecular formula is C14H22O4. The van der Waals surface area contributed by atoms with Crippen molar-refractivity contribution in [2.45, 2.75) is 45.3 Å². The van der Waals surface area contributed by atoms with E-state index in [2.05, 4.69) is 0 Å². The molecule has 1 spiro atoms. The van der Waals surface area contributed by atoms with Crippen LogP contribution in [-0.2, 0) is 19.0 Å². The zero-order valence-corrected chi connectivity index (χ0v) is 11.2. The van der Waals surface area contributed by atoms with Crippen molar-refractivity contribution >= 4 is 5.97 Å².